The molecule has 1 N–H and O–H groups in total. The second-order valence-corrected chi connectivity index (χ2v) is 5.12. The van der Waals surface area contributed by atoms with Gasteiger partial charge in [-0.25, -0.2) is 9.55 Å². The first-order valence-corrected chi connectivity index (χ1v) is 6.54. The van der Waals surface area contributed by atoms with Gasteiger partial charge in [-0.15, -0.1) is 0 Å². The summed E-state index contributed by atoms with van der Waals surface area (Å²) in [7, 11) is 2.12. The molecule has 0 aliphatic heterocycles. The molecular formula is C17H15N2+. The van der Waals surface area contributed by atoms with Crippen molar-refractivity contribution in [2.75, 3.05) is 0 Å². The maximum atomic E-state index is 3.45. The average molecular weight is 247 g/mol. The van der Waals surface area contributed by atoms with Crippen LogP contribution in [0, 0.1) is 6.92 Å². The van der Waals surface area contributed by atoms with Crippen molar-refractivity contribution < 1.29 is 4.57 Å². The van der Waals surface area contributed by atoms with Crippen molar-refractivity contribution in [2.24, 2.45) is 7.05 Å². The van der Waals surface area contributed by atoms with Crippen molar-refractivity contribution in [3.8, 4) is 0 Å². The first-order valence-electron chi connectivity index (χ1n) is 6.54. The van der Waals surface area contributed by atoms with Crippen molar-refractivity contribution in [3.05, 3.63) is 54.4 Å². The molecule has 0 unspecified atom stereocenters. The van der Waals surface area contributed by atoms with Crippen molar-refractivity contribution in [3.63, 3.8) is 0 Å². The van der Waals surface area contributed by atoms with Crippen LogP contribution in [0.1, 0.15) is 5.82 Å². The molecule has 0 saturated heterocycles. The standard InChI is InChI=1S/C17H14N2/c1-11-18-15-10-9-13-8-7-12-5-3-4-6-14(12)16(13)17(15)19(11)2/h3-10H,1-2H3/p+1. The summed E-state index contributed by atoms with van der Waals surface area (Å²) < 4.78 is 2.24. The smallest absolute Gasteiger partial charge is 0.241 e. The van der Waals surface area contributed by atoms with Crippen LogP contribution < -0.4 is 4.57 Å². The van der Waals surface area contributed by atoms with Crippen LogP contribution in [-0.4, -0.2) is 4.98 Å². The van der Waals surface area contributed by atoms with E-state index >= 15 is 0 Å². The molecule has 0 spiro atoms. The number of aryl methyl sites for hydroxylation is 2. The summed E-state index contributed by atoms with van der Waals surface area (Å²) in [4.78, 5) is 3.45. The molecule has 1 heterocycles. The van der Waals surface area contributed by atoms with Gasteiger partial charge in [-0.05, 0) is 28.3 Å². The number of nitrogens with one attached hydrogen (secondary N) is 1. The Labute approximate surface area is 111 Å². The van der Waals surface area contributed by atoms with E-state index in [2.05, 4.69) is 72.1 Å². The zero-order valence-corrected chi connectivity index (χ0v) is 11.1. The lowest BCUT2D eigenvalue weighted by Gasteiger charge is -2.04. The van der Waals surface area contributed by atoms with Gasteiger partial charge in [0.1, 0.15) is 0 Å². The van der Waals surface area contributed by atoms with Gasteiger partial charge in [0.25, 0.3) is 5.82 Å². The van der Waals surface area contributed by atoms with Gasteiger partial charge < -0.3 is 0 Å². The topological polar surface area (TPSA) is 19.7 Å². The Morgan fingerprint density at radius 1 is 0.895 bits per heavy atom. The normalized spacial score (nSPS) is 11.7. The predicted octanol–water partition coefficient (Wildman–Crippen LogP) is 3.61. The van der Waals surface area contributed by atoms with Crippen LogP contribution in [0.5, 0.6) is 0 Å². The minimum absolute atomic E-state index is 1.18. The van der Waals surface area contributed by atoms with Crippen molar-refractivity contribution in [2.45, 2.75) is 6.92 Å². The Bertz CT molecular complexity index is 932. The van der Waals surface area contributed by atoms with Gasteiger partial charge in [0.15, 0.2) is 11.0 Å². The van der Waals surface area contributed by atoms with E-state index in [4.69, 9.17) is 0 Å². The number of nitrogens with zero attached hydrogens (tertiary/aromatic N) is 1. The molecule has 0 amide bonds. The first-order chi connectivity index (χ1) is 9.25. The minimum Gasteiger partial charge on any atom is -0.241 e. The van der Waals surface area contributed by atoms with E-state index in [0.29, 0.717) is 0 Å². The van der Waals surface area contributed by atoms with E-state index in [-0.39, 0.29) is 0 Å². The highest BCUT2D eigenvalue weighted by atomic mass is 15.0. The molecule has 0 bridgehead atoms. The lowest BCUT2D eigenvalue weighted by Crippen LogP contribution is -2.29. The summed E-state index contributed by atoms with van der Waals surface area (Å²) in [5.74, 6) is 1.18. The Kier molecular flexibility index (Phi) is 1.99. The van der Waals surface area contributed by atoms with Gasteiger partial charge in [-0.1, -0.05) is 36.4 Å². The summed E-state index contributed by atoms with van der Waals surface area (Å²) in [6.07, 6.45) is 0. The Morgan fingerprint density at radius 3 is 2.53 bits per heavy atom. The quantitative estimate of drug-likeness (QED) is 0.362. The lowest BCUT2D eigenvalue weighted by atomic mass is 10.0. The van der Waals surface area contributed by atoms with Crippen molar-refractivity contribution in [1.29, 1.82) is 0 Å². The van der Waals surface area contributed by atoms with Crippen molar-refractivity contribution >= 4 is 32.6 Å². The third kappa shape index (κ3) is 1.34. The molecule has 19 heavy (non-hydrogen) atoms. The van der Waals surface area contributed by atoms with E-state index in [1.165, 1.54) is 38.4 Å². The Morgan fingerprint density at radius 2 is 1.63 bits per heavy atom. The maximum absolute atomic E-state index is 3.45. The summed E-state index contributed by atoms with van der Waals surface area (Å²) in [6, 6.07) is 17.4. The Hall–Kier alpha value is -2.35. The molecule has 0 saturated carbocycles. The van der Waals surface area contributed by atoms with Crippen molar-refractivity contribution in [1.82, 2.24) is 4.98 Å². The van der Waals surface area contributed by atoms with Gasteiger partial charge in [-0.2, -0.15) is 0 Å². The van der Waals surface area contributed by atoms with Crippen LogP contribution in [0.2, 0.25) is 0 Å². The van der Waals surface area contributed by atoms with E-state index in [1.54, 1.807) is 0 Å². The molecule has 0 atom stereocenters. The number of H-pyrrole nitrogens is 1. The van der Waals surface area contributed by atoms with Gasteiger partial charge in [0.2, 0.25) is 0 Å². The molecule has 0 aliphatic carbocycles. The monoisotopic (exact) mass is 247 g/mol. The van der Waals surface area contributed by atoms with Gasteiger partial charge in [0, 0.05) is 12.3 Å². The molecule has 2 nitrogen and oxygen atoms in total. The molecule has 0 radical (unpaired) electrons. The highest BCUT2D eigenvalue weighted by molar-refractivity contribution is 6.17. The fourth-order valence-electron chi connectivity index (χ4n) is 2.97. The van der Waals surface area contributed by atoms with E-state index in [0.717, 1.165) is 0 Å². The number of hydrogen-bond acceptors (Lipinski definition) is 0. The second-order valence-electron chi connectivity index (χ2n) is 5.12. The fraction of sp³-hybridized carbons (Fsp3) is 0.118. The van der Waals surface area contributed by atoms with Crippen LogP contribution in [0.15, 0.2) is 48.5 Å². The first kappa shape index (κ1) is 10.6. The highest BCUT2D eigenvalue weighted by Gasteiger charge is 2.16. The SMILES string of the molecule is Cc1[nH]c2ccc3ccc4ccccc4c3c2[n+]1C. The summed E-state index contributed by atoms with van der Waals surface area (Å²) in [5, 5.41) is 5.24. The van der Waals surface area contributed by atoms with E-state index in [9.17, 15) is 0 Å². The van der Waals surface area contributed by atoms with Gasteiger partial charge in [0.05, 0.1) is 7.05 Å². The largest absolute Gasteiger partial charge is 0.251 e. The highest BCUT2D eigenvalue weighted by Crippen LogP contribution is 2.30. The number of fused-ring (bicyclic) bond motifs is 5. The molecule has 1 aromatic heterocycles. The third-order valence-electron chi connectivity index (χ3n) is 4.04. The fourth-order valence-corrected chi connectivity index (χ4v) is 2.97. The molecular weight excluding hydrogens is 232 g/mol. The minimum atomic E-state index is 1.18. The number of aromatic nitrogens is 2. The molecule has 2 heteroatoms. The molecule has 3 aromatic carbocycles. The predicted molar refractivity (Wildman–Crippen MR) is 79.2 cm³/mol. The van der Waals surface area contributed by atoms with Crippen LogP contribution in [-0.2, 0) is 7.05 Å². The van der Waals surface area contributed by atoms with Crippen LogP contribution in [0.25, 0.3) is 32.6 Å². The van der Waals surface area contributed by atoms with Gasteiger partial charge >= 0.3 is 0 Å². The van der Waals surface area contributed by atoms with E-state index in [1.807, 2.05) is 0 Å². The summed E-state index contributed by atoms with van der Waals surface area (Å²) >= 11 is 0. The molecule has 0 fully saturated rings. The molecule has 4 aromatic rings. The third-order valence-corrected chi connectivity index (χ3v) is 4.04. The number of hydrogen-bond donors (Lipinski definition) is 1. The van der Waals surface area contributed by atoms with Crippen LogP contribution >= 0.6 is 0 Å². The number of imidazole rings is 1. The van der Waals surface area contributed by atoms with Gasteiger partial charge in [-0.3, -0.25) is 0 Å². The lowest BCUT2D eigenvalue weighted by molar-refractivity contribution is -0.650. The number of aromatic amines is 1. The average Bonchev–Trinajstić information content (AvgIpc) is 2.74. The van der Waals surface area contributed by atoms with Crippen LogP contribution in [0.4, 0.5) is 0 Å². The maximum Gasteiger partial charge on any atom is 0.251 e. The zero-order valence-electron chi connectivity index (χ0n) is 11.1. The van der Waals surface area contributed by atoms with E-state index < -0.39 is 0 Å². The molecule has 0 aliphatic rings. The number of benzene rings is 3. The molecule has 92 valence electrons. The Balaban J connectivity index is 2.40. The second kappa shape index (κ2) is 3.58. The summed E-state index contributed by atoms with van der Waals surface area (Å²) in [5.41, 5.74) is 2.48. The number of rotatable bonds is 0. The molecule has 4 rings (SSSR count). The van der Waals surface area contributed by atoms with Crippen LogP contribution in [0.3, 0.4) is 0 Å². The summed E-state index contributed by atoms with van der Waals surface area (Å²) in [6.45, 7) is 2.11. The zero-order chi connectivity index (χ0) is 13.0.